The van der Waals surface area contributed by atoms with Crippen molar-refractivity contribution in [2.75, 3.05) is 26.2 Å². The van der Waals surface area contributed by atoms with Gasteiger partial charge in [-0.1, -0.05) is 0 Å². The van der Waals surface area contributed by atoms with Gasteiger partial charge in [-0.05, 0) is 44.2 Å². The molecule has 0 atom stereocenters. The van der Waals surface area contributed by atoms with E-state index in [2.05, 4.69) is 4.90 Å². The van der Waals surface area contributed by atoms with Crippen LogP contribution in [0.5, 0.6) is 11.5 Å². The van der Waals surface area contributed by atoms with Gasteiger partial charge in [0.05, 0.1) is 11.6 Å². The summed E-state index contributed by atoms with van der Waals surface area (Å²) >= 11 is 0. The quantitative estimate of drug-likeness (QED) is 0.740. The Labute approximate surface area is 169 Å². The Morgan fingerprint density at radius 1 is 1.03 bits per heavy atom. The van der Waals surface area contributed by atoms with E-state index < -0.39 is 27.4 Å². The van der Waals surface area contributed by atoms with Gasteiger partial charge in [0.25, 0.3) is 0 Å². The molecule has 0 bridgehead atoms. The first kappa shape index (κ1) is 21.2. The lowest BCUT2D eigenvalue weighted by molar-refractivity contribution is 0.154. The normalized spacial score (nSPS) is 16.0. The van der Waals surface area contributed by atoms with Gasteiger partial charge in [-0.3, -0.25) is 4.90 Å². The lowest BCUT2D eigenvalue weighted by Gasteiger charge is -2.36. The molecule has 2 aromatic carbocycles. The highest BCUT2D eigenvalue weighted by Gasteiger charge is 2.32. The molecule has 0 unspecified atom stereocenters. The highest BCUT2D eigenvalue weighted by Crippen LogP contribution is 2.33. The van der Waals surface area contributed by atoms with Crippen molar-refractivity contribution in [2.24, 2.45) is 0 Å². The van der Waals surface area contributed by atoms with Crippen LogP contribution in [0.15, 0.2) is 41.3 Å². The molecule has 1 saturated heterocycles. The number of piperazine rings is 1. The third kappa shape index (κ3) is 4.56. The van der Waals surface area contributed by atoms with E-state index in [9.17, 15) is 22.5 Å². The fourth-order valence-corrected chi connectivity index (χ4v) is 4.70. The Kier molecular flexibility index (Phi) is 6.17. The van der Waals surface area contributed by atoms with Crippen molar-refractivity contribution >= 4 is 10.0 Å². The molecule has 0 spiro atoms. The minimum Gasteiger partial charge on any atom is -0.453 e. The van der Waals surface area contributed by atoms with Crippen LogP contribution in [0.25, 0.3) is 0 Å². The lowest BCUT2D eigenvalue weighted by Crippen LogP contribution is -2.50. The van der Waals surface area contributed by atoms with Crippen LogP contribution in [-0.4, -0.2) is 49.8 Å². The van der Waals surface area contributed by atoms with Crippen molar-refractivity contribution in [3.05, 3.63) is 53.6 Å². The number of hydrogen-bond acceptors (Lipinski definition) is 5. The van der Waals surface area contributed by atoms with Gasteiger partial charge < -0.3 is 4.74 Å². The summed E-state index contributed by atoms with van der Waals surface area (Å²) in [6.45, 7) is 5.79. The van der Waals surface area contributed by atoms with Crippen LogP contribution >= 0.6 is 0 Å². The summed E-state index contributed by atoms with van der Waals surface area (Å²) < 4.78 is 60.7. The summed E-state index contributed by atoms with van der Waals surface area (Å²) in [4.78, 5) is 1.91. The molecule has 0 aliphatic carbocycles. The van der Waals surface area contributed by atoms with Gasteiger partial charge in [0, 0.05) is 38.3 Å². The molecule has 2 aromatic rings. The van der Waals surface area contributed by atoms with E-state index in [-0.39, 0.29) is 29.3 Å². The zero-order chi connectivity index (χ0) is 21.2. The monoisotopic (exact) mass is 421 g/mol. The second-order valence-corrected chi connectivity index (χ2v) is 8.89. The van der Waals surface area contributed by atoms with Gasteiger partial charge in [0.2, 0.25) is 10.0 Å². The van der Waals surface area contributed by atoms with E-state index in [1.165, 1.54) is 22.5 Å². The molecule has 0 amide bonds. The summed E-state index contributed by atoms with van der Waals surface area (Å²) in [7, 11) is -4.00. The van der Waals surface area contributed by atoms with Crippen LogP contribution in [0.3, 0.4) is 0 Å². The van der Waals surface area contributed by atoms with E-state index in [1.807, 2.05) is 19.9 Å². The molecule has 29 heavy (non-hydrogen) atoms. The molecule has 0 radical (unpaired) electrons. The first-order valence-electron chi connectivity index (χ1n) is 9.13. The Morgan fingerprint density at radius 2 is 1.72 bits per heavy atom. The number of hydrogen-bond donors (Lipinski definition) is 0. The maximum absolute atomic E-state index is 14.0. The smallest absolute Gasteiger partial charge is 0.246 e. The standard InChI is InChI=1S/C20H21F2N3O3S/c1-14(2)24-7-9-25(10-8-24)29(26,27)20-11-15(13-23)3-6-18(20)28-19-12-16(21)4-5-17(19)22/h3-6,11-12,14H,7-10H2,1-2H3. The topological polar surface area (TPSA) is 73.6 Å². The molecule has 1 aliphatic heterocycles. The third-order valence-electron chi connectivity index (χ3n) is 4.81. The molecule has 3 rings (SSSR count). The van der Waals surface area contributed by atoms with E-state index in [0.717, 1.165) is 18.2 Å². The van der Waals surface area contributed by atoms with Gasteiger partial charge in [0.1, 0.15) is 16.5 Å². The average Bonchev–Trinajstić information content (AvgIpc) is 2.71. The molecular formula is C20H21F2N3O3S. The van der Waals surface area contributed by atoms with Gasteiger partial charge >= 0.3 is 0 Å². The fourth-order valence-electron chi connectivity index (χ4n) is 3.14. The van der Waals surface area contributed by atoms with Crippen LogP contribution < -0.4 is 4.74 Å². The number of benzene rings is 2. The summed E-state index contributed by atoms with van der Waals surface area (Å²) in [6.07, 6.45) is 0. The number of nitrogens with zero attached hydrogens (tertiary/aromatic N) is 3. The number of sulfonamides is 1. The average molecular weight is 421 g/mol. The molecule has 1 fully saturated rings. The second kappa shape index (κ2) is 8.45. The van der Waals surface area contributed by atoms with Crippen molar-refractivity contribution in [3.63, 3.8) is 0 Å². The Balaban J connectivity index is 1.97. The zero-order valence-electron chi connectivity index (χ0n) is 16.1. The van der Waals surface area contributed by atoms with Gasteiger partial charge in [0.15, 0.2) is 11.6 Å². The highest BCUT2D eigenvalue weighted by molar-refractivity contribution is 7.89. The lowest BCUT2D eigenvalue weighted by atomic mass is 10.2. The first-order chi connectivity index (χ1) is 13.7. The SMILES string of the molecule is CC(C)N1CCN(S(=O)(=O)c2cc(C#N)ccc2Oc2cc(F)ccc2F)CC1. The predicted octanol–water partition coefficient (Wildman–Crippen LogP) is 3.34. The Hall–Kier alpha value is -2.54. The Bertz CT molecular complexity index is 1040. The first-order valence-corrected chi connectivity index (χ1v) is 10.6. The van der Waals surface area contributed by atoms with Crippen molar-refractivity contribution in [1.82, 2.24) is 9.21 Å². The maximum Gasteiger partial charge on any atom is 0.246 e. The fraction of sp³-hybridized carbons (Fsp3) is 0.350. The number of halogens is 2. The predicted molar refractivity (Wildman–Crippen MR) is 103 cm³/mol. The van der Waals surface area contributed by atoms with Crippen molar-refractivity contribution in [2.45, 2.75) is 24.8 Å². The van der Waals surface area contributed by atoms with Crippen molar-refractivity contribution in [1.29, 1.82) is 5.26 Å². The summed E-state index contributed by atoms with van der Waals surface area (Å²) in [5, 5.41) is 9.18. The van der Waals surface area contributed by atoms with Crippen molar-refractivity contribution < 1.29 is 21.9 Å². The summed E-state index contributed by atoms with van der Waals surface area (Å²) in [6, 6.07) is 8.70. The second-order valence-electron chi connectivity index (χ2n) is 6.98. The molecule has 0 N–H and O–H groups in total. The van der Waals surface area contributed by atoms with E-state index in [1.54, 1.807) is 0 Å². The van der Waals surface area contributed by atoms with Crippen LogP contribution in [0.2, 0.25) is 0 Å². The largest absolute Gasteiger partial charge is 0.453 e. The van der Waals surface area contributed by atoms with Gasteiger partial charge in [-0.15, -0.1) is 0 Å². The summed E-state index contributed by atoms with van der Waals surface area (Å²) in [5.41, 5.74) is 0.122. The molecule has 1 heterocycles. The minimum atomic E-state index is -4.00. The van der Waals surface area contributed by atoms with Gasteiger partial charge in [-0.25, -0.2) is 17.2 Å². The van der Waals surface area contributed by atoms with Crippen LogP contribution in [0.1, 0.15) is 19.4 Å². The molecule has 0 aromatic heterocycles. The van der Waals surface area contributed by atoms with E-state index in [4.69, 9.17) is 4.74 Å². The van der Waals surface area contributed by atoms with Crippen LogP contribution in [0, 0.1) is 23.0 Å². The van der Waals surface area contributed by atoms with Gasteiger partial charge in [-0.2, -0.15) is 9.57 Å². The van der Waals surface area contributed by atoms with Crippen LogP contribution in [-0.2, 0) is 10.0 Å². The molecular weight excluding hydrogens is 400 g/mol. The van der Waals surface area contributed by atoms with E-state index in [0.29, 0.717) is 19.1 Å². The number of rotatable bonds is 5. The Morgan fingerprint density at radius 3 is 2.34 bits per heavy atom. The third-order valence-corrected chi connectivity index (χ3v) is 6.73. The highest BCUT2D eigenvalue weighted by atomic mass is 32.2. The molecule has 9 heteroatoms. The molecule has 0 saturated carbocycles. The van der Waals surface area contributed by atoms with Crippen LogP contribution in [0.4, 0.5) is 8.78 Å². The zero-order valence-corrected chi connectivity index (χ0v) is 16.9. The molecule has 1 aliphatic rings. The summed E-state index contributed by atoms with van der Waals surface area (Å²) in [5.74, 6) is -2.15. The molecule has 6 nitrogen and oxygen atoms in total. The maximum atomic E-state index is 14.0. The number of nitriles is 1. The molecule has 154 valence electrons. The number of ether oxygens (including phenoxy) is 1. The minimum absolute atomic E-state index is 0.122. The van der Waals surface area contributed by atoms with Crippen molar-refractivity contribution in [3.8, 4) is 17.6 Å². The van der Waals surface area contributed by atoms with E-state index >= 15 is 0 Å².